The summed E-state index contributed by atoms with van der Waals surface area (Å²) in [6.07, 6.45) is 0. The summed E-state index contributed by atoms with van der Waals surface area (Å²) in [7, 11) is 0. The quantitative estimate of drug-likeness (QED) is 0.212. The standard InChI is InChI=1S/C36H23N3S/c1-36(2)27-18-17-20-19-26(27)31-24(12-7-14-28(31)36)34-37-33(22-10-4-3-9-21(20)22)38-35(39-34)25-13-8-16-30-32(25)23-11-5-6-15-29(23)40-30/h3-19H,1-2H3. The zero-order valence-electron chi connectivity index (χ0n) is 22.1. The molecule has 40 heavy (non-hydrogen) atoms. The van der Waals surface area contributed by atoms with E-state index in [0.717, 1.165) is 27.4 Å². The van der Waals surface area contributed by atoms with Crippen LogP contribution in [0.2, 0.25) is 0 Å². The normalized spacial score (nSPS) is 13.9. The van der Waals surface area contributed by atoms with E-state index in [0.29, 0.717) is 11.5 Å². The second kappa shape index (κ2) is 7.71. The Kier molecular flexibility index (Phi) is 4.27. The molecule has 1 aliphatic rings. The predicted octanol–water partition coefficient (Wildman–Crippen LogP) is 9.72. The minimum absolute atomic E-state index is 0.105. The van der Waals surface area contributed by atoms with Crippen LogP contribution in [0, 0.1) is 0 Å². The fourth-order valence-electron chi connectivity index (χ4n) is 6.79. The average molecular weight is 530 g/mol. The Labute approximate surface area is 234 Å². The van der Waals surface area contributed by atoms with E-state index in [1.165, 1.54) is 47.5 Å². The number of hydrogen-bond donors (Lipinski definition) is 0. The maximum absolute atomic E-state index is 5.23. The van der Waals surface area contributed by atoms with Gasteiger partial charge in [-0.2, -0.15) is 0 Å². The molecule has 0 saturated heterocycles. The van der Waals surface area contributed by atoms with Crippen molar-refractivity contribution in [2.75, 3.05) is 0 Å². The molecule has 0 fully saturated rings. The molecule has 4 bridgehead atoms. The minimum Gasteiger partial charge on any atom is -0.208 e. The molecule has 0 spiro atoms. The molecule has 0 saturated carbocycles. The Bertz CT molecular complexity index is 2420. The molecule has 0 amide bonds. The van der Waals surface area contributed by atoms with Gasteiger partial charge in [-0.05, 0) is 50.9 Å². The molecule has 8 aromatic rings. The Balaban J connectivity index is 1.54. The van der Waals surface area contributed by atoms with E-state index in [1.54, 1.807) is 0 Å². The Hall–Kier alpha value is -4.67. The molecule has 0 aliphatic heterocycles. The van der Waals surface area contributed by atoms with E-state index < -0.39 is 0 Å². The summed E-state index contributed by atoms with van der Waals surface area (Å²) in [6.45, 7) is 4.64. The van der Waals surface area contributed by atoms with Crippen LogP contribution in [-0.4, -0.2) is 15.0 Å². The lowest BCUT2D eigenvalue weighted by molar-refractivity contribution is 0.662. The second-order valence-corrected chi connectivity index (χ2v) is 12.3. The first kappa shape index (κ1) is 22.2. The number of rotatable bonds is 1. The van der Waals surface area contributed by atoms with Crippen molar-refractivity contribution in [3.8, 4) is 11.4 Å². The average Bonchev–Trinajstić information content (AvgIpc) is 3.49. The van der Waals surface area contributed by atoms with E-state index in [4.69, 9.17) is 15.0 Å². The Morgan fingerprint density at radius 1 is 0.525 bits per heavy atom. The lowest BCUT2D eigenvalue weighted by Gasteiger charge is -2.21. The molecule has 3 aromatic heterocycles. The fourth-order valence-corrected chi connectivity index (χ4v) is 7.92. The van der Waals surface area contributed by atoms with Crippen molar-refractivity contribution in [2.45, 2.75) is 19.3 Å². The van der Waals surface area contributed by atoms with Crippen LogP contribution in [0.15, 0.2) is 103 Å². The molecule has 4 heteroatoms. The van der Waals surface area contributed by atoms with Crippen LogP contribution in [0.3, 0.4) is 0 Å². The summed E-state index contributed by atoms with van der Waals surface area (Å²) in [5.41, 5.74) is 5.03. The number of benzene rings is 5. The van der Waals surface area contributed by atoms with Crippen molar-refractivity contribution < 1.29 is 0 Å². The van der Waals surface area contributed by atoms with E-state index >= 15 is 0 Å². The SMILES string of the molecule is CC1(C)c2ccc3cc2c2c1cccc2c1nc(-c2cccc4sc5ccccc5c24)nc(n1)c1ccccc31. The van der Waals surface area contributed by atoms with Gasteiger partial charge in [0, 0.05) is 41.9 Å². The molecule has 9 rings (SSSR count). The largest absolute Gasteiger partial charge is 0.208 e. The topological polar surface area (TPSA) is 38.7 Å². The van der Waals surface area contributed by atoms with Crippen LogP contribution in [0.1, 0.15) is 25.0 Å². The fraction of sp³-hybridized carbons (Fsp3) is 0.0833. The Morgan fingerprint density at radius 3 is 2.10 bits per heavy atom. The van der Waals surface area contributed by atoms with Crippen LogP contribution >= 0.6 is 11.3 Å². The maximum Gasteiger partial charge on any atom is 0.164 e. The second-order valence-electron chi connectivity index (χ2n) is 11.2. The van der Waals surface area contributed by atoms with Crippen LogP contribution < -0.4 is 0 Å². The first-order chi connectivity index (χ1) is 19.6. The molecule has 3 heterocycles. The van der Waals surface area contributed by atoms with Gasteiger partial charge in [-0.15, -0.1) is 11.3 Å². The van der Waals surface area contributed by atoms with Crippen molar-refractivity contribution in [1.82, 2.24) is 15.0 Å². The highest BCUT2D eigenvalue weighted by Crippen LogP contribution is 2.47. The lowest BCUT2D eigenvalue weighted by atomic mass is 9.81. The van der Waals surface area contributed by atoms with Gasteiger partial charge in [0.2, 0.25) is 0 Å². The molecule has 5 aromatic carbocycles. The van der Waals surface area contributed by atoms with E-state index in [2.05, 4.69) is 117 Å². The van der Waals surface area contributed by atoms with E-state index in [-0.39, 0.29) is 5.41 Å². The van der Waals surface area contributed by atoms with Gasteiger partial charge in [-0.25, -0.2) is 15.0 Å². The highest BCUT2D eigenvalue weighted by atomic mass is 32.1. The van der Waals surface area contributed by atoms with Gasteiger partial charge in [0.1, 0.15) is 0 Å². The van der Waals surface area contributed by atoms with Crippen molar-refractivity contribution in [2.24, 2.45) is 0 Å². The first-order valence-corrected chi connectivity index (χ1v) is 14.4. The van der Waals surface area contributed by atoms with E-state index in [9.17, 15) is 0 Å². The highest BCUT2D eigenvalue weighted by Gasteiger charge is 2.33. The zero-order chi connectivity index (χ0) is 26.6. The monoisotopic (exact) mass is 529 g/mol. The smallest absolute Gasteiger partial charge is 0.164 e. The lowest BCUT2D eigenvalue weighted by Crippen LogP contribution is -2.15. The molecule has 0 unspecified atom stereocenters. The van der Waals surface area contributed by atoms with Crippen LogP contribution in [0.25, 0.3) is 75.2 Å². The molecule has 188 valence electrons. The first-order valence-electron chi connectivity index (χ1n) is 13.6. The number of nitrogens with zero attached hydrogens (tertiary/aromatic N) is 3. The molecule has 0 radical (unpaired) electrons. The van der Waals surface area contributed by atoms with Crippen molar-refractivity contribution in [3.05, 3.63) is 114 Å². The molecular weight excluding hydrogens is 506 g/mol. The predicted molar refractivity (Wildman–Crippen MR) is 169 cm³/mol. The van der Waals surface area contributed by atoms with Gasteiger partial charge < -0.3 is 0 Å². The third-order valence-corrected chi connectivity index (χ3v) is 9.83. The molecular formula is C36H23N3S. The van der Waals surface area contributed by atoms with E-state index in [1.807, 2.05) is 11.3 Å². The van der Waals surface area contributed by atoms with Gasteiger partial charge in [0.25, 0.3) is 0 Å². The summed E-state index contributed by atoms with van der Waals surface area (Å²) < 4.78 is 2.51. The zero-order valence-corrected chi connectivity index (χ0v) is 22.9. The molecule has 1 aliphatic carbocycles. The molecule has 3 nitrogen and oxygen atoms in total. The van der Waals surface area contributed by atoms with Crippen LogP contribution in [0.5, 0.6) is 0 Å². The summed E-state index contributed by atoms with van der Waals surface area (Å²) in [4.78, 5) is 15.6. The van der Waals surface area contributed by atoms with Crippen molar-refractivity contribution in [1.29, 1.82) is 0 Å². The van der Waals surface area contributed by atoms with Gasteiger partial charge >= 0.3 is 0 Å². The number of thiophene rings is 1. The summed E-state index contributed by atoms with van der Waals surface area (Å²) in [5, 5.41) is 9.37. The highest BCUT2D eigenvalue weighted by molar-refractivity contribution is 7.25. The van der Waals surface area contributed by atoms with Crippen molar-refractivity contribution >= 4 is 75.1 Å². The van der Waals surface area contributed by atoms with Gasteiger partial charge in [0.15, 0.2) is 17.1 Å². The summed E-state index contributed by atoms with van der Waals surface area (Å²) in [6, 6.07) is 37.1. The van der Waals surface area contributed by atoms with Gasteiger partial charge in [0.05, 0.1) is 0 Å². The summed E-state index contributed by atoms with van der Waals surface area (Å²) >= 11 is 1.82. The Morgan fingerprint density at radius 2 is 1.23 bits per heavy atom. The van der Waals surface area contributed by atoms with Crippen LogP contribution in [-0.2, 0) is 5.41 Å². The molecule has 0 N–H and O–H groups in total. The summed E-state index contributed by atoms with van der Waals surface area (Å²) in [5.74, 6) is 0.711. The number of hydrogen-bond acceptors (Lipinski definition) is 4. The third kappa shape index (κ3) is 2.86. The van der Waals surface area contributed by atoms with Gasteiger partial charge in [-0.1, -0.05) is 98.8 Å². The van der Waals surface area contributed by atoms with Gasteiger partial charge in [-0.3, -0.25) is 0 Å². The van der Waals surface area contributed by atoms with Crippen LogP contribution in [0.4, 0.5) is 0 Å². The molecule has 0 atom stereocenters. The third-order valence-electron chi connectivity index (χ3n) is 8.70. The minimum atomic E-state index is -0.105. The maximum atomic E-state index is 5.23. The van der Waals surface area contributed by atoms with Crippen molar-refractivity contribution in [3.63, 3.8) is 0 Å². The number of fused-ring (bicyclic) bond motifs is 10. The number of aromatic nitrogens is 3.